The molecule has 1 aromatic rings. The van der Waals surface area contributed by atoms with Gasteiger partial charge in [0, 0.05) is 6.54 Å². The SMILES string of the molecule is CP.c1ccc(OC2CCCNC2)cc1. The van der Waals surface area contributed by atoms with E-state index >= 15 is 0 Å². The van der Waals surface area contributed by atoms with E-state index < -0.39 is 0 Å². The highest BCUT2D eigenvalue weighted by Gasteiger charge is 2.13. The highest BCUT2D eigenvalue weighted by atomic mass is 31.0. The van der Waals surface area contributed by atoms with Crippen LogP contribution in [0.15, 0.2) is 30.3 Å². The second-order valence-corrected chi connectivity index (χ2v) is 3.40. The van der Waals surface area contributed by atoms with Crippen molar-refractivity contribution in [2.45, 2.75) is 18.9 Å². The molecule has 1 N–H and O–H groups in total. The van der Waals surface area contributed by atoms with Crippen LogP contribution in [0.4, 0.5) is 0 Å². The molecule has 1 fully saturated rings. The maximum absolute atomic E-state index is 5.79. The maximum atomic E-state index is 5.79. The monoisotopic (exact) mass is 225 g/mol. The Bertz CT molecular complexity index is 247. The van der Waals surface area contributed by atoms with Crippen molar-refractivity contribution in [1.82, 2.24) is 5.32 Å². The van der Waals surface area contributed by atoms with E-state index in [0.29, 0.717) is 6.10 Å². The Balaban J connectivity index is 0.000000531. The van der Waals surface area contributed by atoms with Gasteiger partial charge in [0.05, 0.1) is 0 Å². The van der Waals surface area contributed by atoms with E-state index in [9.17, 15) is 0 Å². The molecule has 2 rings (SSSR count). The van der Waals surface area contributed by atoms with Crippen LogP contribution in [0.3, 0.4) is 0 Å². The molecule has 2 unspecified atom stereocenters. The van der Waals surface area contributed by atoms with Gasteiger partial charge in [-0.3, -0.25) is 0 Å². The summed E-state index contributed by atoms with van der Waals surface area (Å²) in [5.41, 5.74) is 0. The standard InChI is InChI=1S/C11H15NO.CH5P/c1-2-5-10(6-3-1)13-11-7-4-8-12-9-11;1-2/h1-3,5-6,11-12H,4,7-9H2;2H2,1H3. The van der Waals surface area contributed by atoms with Crippen LogP contribution >= 0.6 is 9.24 Å². The normalized spacial score (nSPS) is 20.0. The van der Waals surface area contributed by atoms with Crippen LogP contribution in [0.5, 0.6) is 5.75 Å². The van der Waals surface area contributed by atoms with Crippen LogP contribution in [-0.2, 0) is 0 Å². The maximum Gasteiger partial charge on any atom is 0.119 e. The van der Waals surface area contributed by atoms with Gasteiger partial charge in [0.2, 0.25) is 0 Å². The summed E-state index contributed by atoms with van der Waals surface area (Å²) in [5, 5.41) is 3.33. The molecule has 0 aliphatic carbocycles. The number of hydrogen-bond donors (Lipinski definition) is 1. The molecule has 0 aromatic heterocycles. The molecule has 1 heterocycles. The summed E-state index contributed by atoms with van der Waals surface area (Å²) in [6, 6.07) is 10.0. The average Bonchev–Trinajstić information content (AvgIpc) is 2.34. The topological polar surface area (TPSA) is 21.3 Å². The van der Waals surface area contributed by atoms with Gasteiger partial charge in [0.25, 0.3) is 0 Å². The molecule has 15 heavy (non-hydrogen) atoms. The Hall–Kier alpha value is -0.590. The van der Waals surface area contributed by atoms with Gasteiger partial charge >= 0.3 is 0 Å². The van der Waals surface area contributed by atoms with Crippen LogP contribution in [0, 0.1) is 0 Å². The summed E-state index contributed by atoms with van der Waals surface area (Å²) >= 11 is 0. The molecule has 2 atom stereocenters. The number of benzene rings is 1. The molecule has 1 aliphatic rings. The predicted molar refractivity (Wildman–Crippen MR) is 68.6 cm³/mol. The highest BCUT2D eigenvalue weighted by Crippen LogP contribution is 2.14. The van der Waals surface area contributed by atoms with Crippen molar-refractivity contribution < 1.29 is 4.74 Å². The number of para-hydroxylation sites is 1. The molecule has 84 valence electrons. The molecule has 1 aromatic carbocycles. The molecule has 0 amide bonds. The van der Waals surface area contributed by atoms with Crippen LogP contribution in [0.2, 0.25) is 0 Å². The largest absolute Gasteiger partial charge is 0.489 e. The van der Waals surface area contributed by atoms with Gasteiger partial charge in [-0.2, -0.15) is 0 Å². The number of nitrogens with one attached hydrogen (secondary N) is 1. The number of piperidine rings is 1. The zero-order chi connectivity index (χ0) is 10.9. The minimum Gasteiger partial charge on any atom is -0.489 e. The minimum atomic E-state index is 0.358. The molecule has 0 saturated carbocycles. The highest BCUT2D eigenvalue weighted by molar-refractivity contribution is 7.15. The predicted octanol–water partition coefficient (Wildman–Crippen LogP) is 2.31. The lowest BCUT2D eigenvalue weighted by molar-refractivity contribution is 0.167. The second kappa shape index (κ2) is 7.67. The molecular weight excluding hydrogens is 205 g/mol. The minimum absolute atomic E-state index is 0.358. The molecule has 0 radical (unpaired) electrons. The van der Waals surface area contributed by atoms with Gasteiger partial charge in [0.15, 0.2) is 0 Å². The van der Waals surface area contributed by atoms with Crippen LogP contribution in [-0.4, -0.2) is 25.9 Å². The molecule has 1 saturated heterocycles. The van der Waals surface area contributed by atoms with Crippen molar-refractivity contribution in [2.75, 3.05) is 19.8 Å². The lowest BCUT2D eigenvalue weighted by atomic mass is 10.1. The molecule has 0 bridgehead atoms. The van der Waals surface area contributed by atoms with Crippen molar-refractivity contribution in [3.8, 4) is 5.75 Å². The van der Waals surface area contributed by atoms with Crippen molar-refractivity contribution in [3.05, 3.63) is 30.3 Å². The fourth-order valence-corrected chi connectivity index (χ4v) is 1.61. The summed E-state index contributed by atoms with van der Waals surface area (Å²) in [5.74, 6) is 0.983. The van der Waals surface area contributed by atoms with E-state index in [1.807, 2.05) is 37.0 Å². The third-order valence-electron chi connectivity index (χ3n) is 2.30. The van der Waals surface area contributed by atoms with E-state index in [2.05, 4.69) is 14.6 Å². The summed E-state index contributed by atoms with van der Waals surface area (Å²) in [6.45, 7) is 4.03. The number of rotatable bonds is 2. The van der Waals surface area contributed by atoms with Gasteiger partial charge in [-0.15, -0.1) is 9.24 Å². The molecule has 1 aliphatic heterocycles. The second-order valence-electron chi connectivity index (χ2n) is 3.40. The zero-order valence-corrected chi connectivity index (χ0v) is 10.4. The van der Waals surface area contributed by atoms with E-state index in [4.69, 9.17) is 4.74 Å². The Morgan fingerprint density at radius 3 is 2.60 bits per heavy atom. The summed E-state index contributed by atoms with van der Waals surface area (Å²) in [6.07, 6.45) is 2.75. The van der Waals surface area contributed by atoms with Crippen molar-refractivity contribution in [3.63, 3.8) is 0 Å². The first-order valence-corrected chi connectivity index (χ1v) is 6.61. The first-order chi connectivity index (χ1) is 7.45. The van der Waals surface area contributed by atoms with Crippen molar-refractivity contribution >= 4 is 9.24 Å². The first-order valence-electron chi connectivity index (χ1n) is 5.45. The zero-order valence-electron chi connectivity index (χ0n) is 9.28. The fourth-order valence-electron chi connectivity index (χ4n) is 1.61. The van der Waals surface area contributed by atoms with Crippen LogP contribution in [0.25, 0.3) is 0 Å². The number of ether oxygens (including phenoxy) is 1. The van der Waals surface area contributed by atoms with Gasteiger partial charge in [-0.05, 0) is 31.5 Å². The van der Waals surface area contributed by atoms with Gasteiger partial charge in [-0.1, -0.05) is 24.9 Å². The molecule has 3 heteroatoms. The summed E-state index contributed by atoms with van der Waals surface area (Å²) in [7, 11) is 2.42. The van der Waals surface area contributed by atoms with Gasteiger partial charge in [-0.25, -0.2) is 0 Å². The van der Waals surface area contributed by atoms with Gasteiger partial charge in [0.1, 0.15) is 11.9 Å². The Kier molecular flexibility index (Phi) is 6.38. The molecule has 0 spiro atoms. The lowest BCUT2D eigenvalue weighted by Gasteiger charge is -2.23. The molecule has 2 nitrogen and oxygen atoms in total. The average molecular weight is 225 g/mol. The van der Waals surface area contributed by atoms with E-state index in [-0.39, 0.29) is 0 Å². The lowest BCUT2D eigenvalue weighted by Crippen LogP contribution is -2.37. The Morgan fingerprint density at radius 2 is 2.00 bits per heavy atom. The van der Waals surface area contributed by atoms with Crippen LogP contribution < -0.4 is 10.1 Å². The van der Waals surface area contributed by atoms with Crippen molar-refractivity contribution in [1.29, 1.82) is 0 Å². The van der Waals surface area contributed by atoms with Crippen LogP contribution in [0.1, 0.15) is 12.8 Å². The Morgan fingerprint density at radius 1 is 1.27 bits per heavy atom. The quantitative estimate of drug-likeness (QED) is 0.780. The van der Waals surface area contributed by atoms with E-state index in [1.165, 1.54) is 12.8 Å². The van der Waals surface area contributed by atoms with E-state index in [0.717, 1.165) is 18.8 Å². The number of hydrogen-bond acceptors (Lipinski definition) is 2. The van der Waals surface area contributed by atoms with Gasteiger partial charge < -0.3 is 10.1 Å². The third-order valence-corrected chi connectivity index (χ3v) is 2.30. The summed E-state index contributed by atoms with van der Waals surface area (Å²) < 4.78 is 5.79. The van der Waals surface area contributed by atoms with E-state index in [1.54, 1.807) is 0 Å². The smallest absolute Gasteiger partial charge is 0.119 e. The molecular formula is C12H20NOP. The Labute approximate surface area is 94.6 Å². The summed E-state index contributed by atoms with van der Waals surface area (Å²) in [4.78, 5) is 0. The first kappa shape index (κ1) is 12.5. The third kappa shape index (κ3) is 4.63. The van der Waals surface area contributed by atoms with Crippen molar-refractivity contribution in [2.24, 2.45) is 0 Å². The fraction of sp³-hybridized carbons (Fsp3) is 0.500.